The largest absolute Gasteiger partial charge is 0.309 e. The quantitative estimate of drug-likeness (QED) is 0.203. The molecule has 0 radical (unpaired) electrons. The highest BCUT2D eigenvalue weighted by Crippen LogP contribution is 2.47. The maximum atomic E-state index is 5.16. The minimum Gasteiger partial charge on any atom is -0.309 e. The Morgan fingerprint density at radius 2 is 1.24 bits per heavy atom. The van der Waals surface area contributed by atoms with Gasteiger partial charge in [-0.3, -0.25) is 0 Å². The third-order valence-corrected chi connectivity index (χ3v) is 11.3. The number of hydrogen-bond donors (Lipinski definition) is 0. The summed E-state index contributed by atoms with van der Waals surface area (Å²) in [5.74, 6) is 0. The number of nitrogens with zero attached hydrogens (tertiary/aromatic N) is 2. The summed E-state index contributed by atoms with van der Waals surface area (Å²) in [6.45, 7) is 0. The van der Waals surface area contributed by atoms with Crippen molar-refractivity contribution in [3.8, 4) is 10.6 Å². The van der Waals surface area contributed by atoms with Crippen molar-refractivity contribution < 1.29 is 0 Å². The Labute approximate surface area is 254 Å². The maximum Gasteiger partial charge on any atom is 0.124 e. The lowest BCUT2D eigenvalue weighted by molar-refractivity contribution is 1.31. The fraction of sp³-hybridized carbons (Fsp3) is 0. The number of thiazole rings is 1. The second-order valence-corrected chi connectivity index (χ2v) is 13.5. The molecule has 3 heterocycles. The standard InChI is InChI=1S/C37H22N2S3/c1-3-10-23(11-4-1)37-38-35-32(42-37)21-20-31-34(35)28-19-18-25(22-33(28)40-31)39(24-12-5-2-6-13-24)29-16-9-15-27-26-14-7-8-17-30(26)41-36(27)29/h1-22H. The van der Waals surface area contributed by atoms with Crippen molar-refractivity contribution in [1.29, 1.82) is 0 Å². The molecule has 5 heteroatoms. The molecule has 198 valence electrons. The molecular weight excluding hydrogens is 569 g/mol. The number of benzene rings is 6. The van der Waals surface area contributed by atoms with Crippen molar-refractivity contribution in [3.63, 3.8) is 0 Å². The van der Waals surface area contributed by atoms with E-state index in [9.17, 15) is 0 Å². The number of fused-ring (bicyclic) bond motifs is 8. The lowest BCUT2D eigenvalue weighted by Crippen LogP contribution is -2.09. The van der Waals surface area contributed by atoms with Gasteiger partial charge in [-0.2, -0.15) is 0 Å². The molecule has 0 saturated heterocycles. The lowest BCUT2D eigenvalue weighted by Gasteiger charge is -2.26. The van der Waals surface area contributed by atoms with Crippen molar-refractivity contribution in [2.24, 2.45) is 0 Å². The van der Waals surface area contributed by atoms with Crippen LogP contribution in [0.3, 0.4) is 0 Å². The van der Waals surface area contributed by atoms with Gasteiger partial charge in [-0.05, 0) is 48.5 Å². The van der Waals surface area contributed by atoms with Crippen LogP contribution in [0.15, 0.2) is 133 Å². The predicted octanol–water partition coefficient (Wildman–Crippen LogP) is 12.2. The highest BCUT2D eigenvalue weighted by atomic mass is 32.1. The van der Waals surface area contributed by atoms with Crippen molar-refractivity contribution in [3.05, 3.63) is 133 Å². The van der Waals surface area contributed by atoms with E-state index < -0.39 is 0 Å². The first kappa shape index (κ1) is 24.1. The van der Waals surface area contributed by atoms with Gasteiger partial charge in [-0.25, -0.2) is 4.98 Å². The molecule has 9 aromatic rings. The molecule has 0 N–H and O–H groups in total. The van der Waals surface area contributed by atoms with Crippen LogP contribution >= 0.6 is 34.0 Å². The average molecular weight is 591 g/mol. The van der Waals surface area contributed by atoms with E-state index in [2.05, 4.69) is 138 Å². The van der Waals surface area contributed by atoms with Crippen LogP contribution in [0.4, 0.5) is 17.1 Å². The third kappa shape index (κ3) is 3.71. The van der Waals surface area contributed by atoms with Crippen LogP contribution in [-0.4, -0.2) is 4.98 Å². The summed E-state index contributed by atoms with van der Waals surface area (Å²) in [6, 6.07) is 48.1. The van der Waals surface area contributed by atoms with E-state index in [0.717, 1.165) is 21.9 Å². The van der Waals surface area contributed by atoms with Crippen molar-refractivity contribution in [2.75, 3.05) is 4.90 Å². The van der Waals surface area contributed by atoms with Gasteiger partial charge in [0, 0.05) is 52.6 Å². The number of aromatic nitrogens is 1. The molecule has 0 spiro atoms. The Balaban J connectivity index is 1.26. The van der Waals surface area contributed by atoms with Gasteiger partial charge >= 0.3 is 0 Å². The molecule has 0 amide bonds. The molecule has 0 saturated carbocycles. The normalized spacial score (nSPS) is 11.8. The molecule has 0 bridgehead atoms. The van der Waals surface area contributed by atoms with Gasteiger partial charge in [0.1, 0.15) is 5.01 Å². The fourth-order valence-corrected chi connectivity index (χ4v) is 9.32. The van der Waals surface area contributed by atoms with Crippen LogP contribution in [0.5, 0.6) is 0 Å². The van der Waals surface area contributed by atoms with Crippen LogP contribution in [0.25, 0.3) is 61.1 Å². The lowest BCUT2D eigenvalue weighted by atomic mass is 10.1. The molecule has 3 aromatic heterocycles. The van der Waals surface area contributed by atoms with Crippen molar-refractivity contribution in [2.45, 2.75) is 0 Å². The van der Waals surface area contributed by atoms with E-state index >= 15 is 0 Å². The fourth-order valence-electron chi connectivity index (χ4n) is 6.00. The van der Waals surface area contributed by atoms with Crippen molar-refractivity contribution in [1.82, 2.24) is 4.98 Å². The highest BCUT2D eigenvalue weighted by Gasteiger charge is 2.20. The number of hydrogen-bond acceptors (Lipinski definition) is 5. The van der Waals surface area contributed by atoms with E-state index in [-0.39, 0.29) is 0 Å². The van der Waals surface area contributed by atoms with Crippen LogP contribution in [0.2, 0.25) is 0 Å². The van der Waals surface area contributed by atoms with Gasteiger partial charge in [0.2, 0.25) is 0 Å². The van der Waals surface area contributed by atoms with E-state index in [0.29, 0.717) is 0 Å². The Kier molecular flexibility index (Phi) is 5.45. The summed E-state index contributed by atoms with van der Waals surface area (Å²) in [5.41, 5.74) is 5.78. The van der Waals surface area contributed by atoms with E-state index in [1.54, 1.807) is 11.3 Å². The van der Waals surface area contributed by atoms with Crippen molar-refractivity contribution >= 4 is 102 Å². The number of rotatable bonds is 4. The molecule has 0 aliphatic carbocycles. The molecule has 9 rings (SSSR count). The zero-order chi connectivity index (χ0) is 27.6. The first-order valence-electron chi connectivity index (χ1n) is 13.9. The van der Waals surface area contributed by atoms with E-state index in [4.69, 9.17) is 4.98 Å². The second kappa shape index (κ2) is 9.50. The average Bonchev–Trinajstić information content (AvgIpc) is 3.75. The SMILES string of the molecule is c1ccc(-c2nc3c(ccc4sc5cc(N(c6ccccc6)c6cccc7c6sc6ccccc67)ccc5c43)s2)cc1. The minimum absolute atomic E-state index is 1.07. The topological polar surface area (TPSA) is 16.1 Å². The monoisotopic (exact) mass is 590 g/mol. The molecule has 0 fully saturated rings. The summed E-state index contributed by atoms with van der Waals surface area (Å²) in [6.07, 6.45) is 0. The van der Waals surface area contributed by atoms with Gasteiger partial charge in [0.15, 0.2) is 0 Å². The Bertz CT molecular complexity index is 2420. The number of para-hydroxylation sites is 1. The van der Waals surface area contributed by atoms with Gasteiger partial charge < -0.3 is 4.90 Å². The van der Waals surface area contributed by atoms with Gasteiger partial charge in [-0.1, -0.05) is 84.9 Å². The zero-order valence-corrected chi connectivity index (χ0v) is 24.8. The highest BCUT2D eigenvalue weighted by molar-refractivity contribution is 7.27. The van der Waals surface area contributed by atoms with E-state index in [1.165, 1.54) is 56.3 Å². The Hall–Kier alpha value is -4.55. The molecule has 42 heavy (non-hydrogen) atoms. The van der Waals surface area contributed by atoms with Gasteiger partial charge in [-0.15, -0.1) is 34.0 Å². The molecule has 0 unspecified atom stereocenters. The summed E-state index contributed by atoms with van der Waals surface area (Å²) >= 11 is 5.49. The molecule has 6 aromatic carbocycles. The second-order valence-electron chi connectivity index (χ2n) is 10.4. The Morgan fingerprint density at radius 3 is 2.12 bits per heavy atom. The smallest absolute Gasteiger partial charge is 0.124 e. The minimum atomic E-state index is 1.07. The van der Waals surface area contributed by atoms with E-state index in [1.807, 2.05) is 22.7 Å². The van der Waals surface area contributed by atoms with Crippen LogP contribution in [0.1, 0.15) is 0 Å². The van der Waals surface area contributed by atoms with Gasteiger partial charge in [0.05, 0.1) is 20.6 Å². The summed E-state index contributed by atoms with van der Waals surface area (Å²) in [7, 11) is 0. The molecule has 0 aliphatic heterocycles. The summed E-state index contributed by atoms with van der Waals surface area (Å²) < 4.78 is 6.39. The third-order valence-electron chi connectivity index (χ3n) is 7.89. The number of thiophene rings is 2. The first-order valence-corrected chi connectivity index (χ1v) is 16.3. The number of anilines is 3. The first-order chi connectivity index (χ1) is 20.8. The molecule has 0 atom stereocenters. The zero-order valence-electron chi connectivity index (χ0n) is 22.3. The molecule has 0 aliphatic rings. The maximum absolute atomic E-state index is 5.16. The summed E-state index contributed by atoms with van der Waals surface area (Å²) in [4.78, 5) is 7.57. The van der Waals surface area contributed by atoms with Crippen LogP contribution < -0.4 is 4.90 Å². The van der Waals surface area contributed by atoms with Crippen LogP contribution in [-0.2, 0) is 0 Å². The Morgan fingerprint density at radius 1 is 0.476 bits per heavy atom. The van der Waals surface area contributed by atoms with Gasteiger partial charge in [0.25, 0.3) is 0 Å². The predicted molar refractivity (Wildman–Crippen MR) is 186 cm³/mol. The molecular formula is C37H22N2S3. The summed E-state index contributed by atoms with van der Waals surface area (Å²) in [5, 5.41) is 6.21. The molecule has 2 nitrogen and oxygen atoms in total. The van der Waals surface area contributed by atoms with Crippen LogP contribution in [0, 0.1) is 0 Å².